The lowest BCUT2D eigenvalue weighted by Crippen LogP contribution is -2.26. The number of hydrogen-bond donors (Lipinski definition) is 0. The van der Waals surface area contributed by atoms with Crippen molar-refractivity contribution in [2.24, 2.45) is 0 Å². The molecule has 0 heteroatoms. The zero-order valence-electron chi connectivity index (χ0n) is 77.5. The van der Waals surface area contributed by atoms with Gasteiger partial charge in [-0.25, -0.2) is 0 Å². The van der Waals surface area contributed by atoms with Gasteiger partial charge in [-0.05, 0) is 334 Å². The number of hydrogen-bond acceptors (Lipinski definition) is 0. The topological polar surface area (TPSA) is 0 Å². The average molecular weight is 1650 g/mol. The van der Waals surface area contributed by atoms with Crippen LogP contribution in [0, 0.1) is 90.0 Å². The molecule has 0 fully saturated rings. The Morgan fingerprint density at radius 3 is 0.984 bits per heavy atom. The van der Waals surface area contributed by atoms with Crippen molar-refractivity contribution in [3.8, 4) is 89.0 Å². The highest BCUT2D eigenvalue weighted by Gasteiger charge is 2.52. The van der Waals surface area contributed by atoms with Crippen molar-refractivity contribution < 1.29 is 0 Å². The van der Waals surface area contributed by atoms with Crippen LogP contribution in [0.15, 0.2) is 340 Å². The van der Waals surface area contributed by atoms with Gasteiger partial charge >= 0.3 is 0 Å². The molecule has 17 aromatic carbocycles. The summed E-state index contributed by atoms with van der Waals surface area (Å²) in [5.41, 5.74) is 66.8. The van der Waals surface area contributed by atoms with Crippen LogP contribution in [-0.2, 0) is 42.9 Å². The lowest BCUT2D eigenvalue weighted by atomic mass is 9.70. The monoisotopic (exact) mass is 1650 g/mol. The van der Waals surface area contributed by atoms with Gasteiger partial charge in [-0.1, -0.05) is 417 Å². The summed E-state index contributed by atoms with van der Waals surface area (Å²) in [4.78, 5) is 0. The van der Waals surface area contributed by atoms with Crippen molar-refractivity contribution in [3.05, 3.63) is 512 Å². The van der Waals surface area contributed by atoms with E-state index in [1.54, 1.807) is 0 Å². The quantitative estimate of drug-likeness (QED) is 0.142. The molecule has 17 aromatic rings. The summed E-state index contributed by atoms with van der Waals surface area (Å²) in [7, 11) is 0. The van der Waals surface area contributed by atoms with Crippen molar-refractivity contribution in [1.29, 1.82) is 0 Å². The van der Waals surface area contributed by atoms with Gasteiger partial charge < -0.3 is 0 Å². The van der Waals surface area contributed by atoms with E-state index in [9.17, 15) is 0 Å². The summed E-state index contributed by atoms with van der Waals surface area (Å²) < 4.78 is 0. The van der Waals surface area contributed by atoms with Gasteiger partial charge in [-0.15, -0.1) is 0 Å². The Labute approximate surface area is 761 Å². The van der Waals surface area contributed by atoms with Crippen LogP contribution in [0.25, 0.3) is 95.1 Å². The molecular weight excluding hydrogens is 1540 g/mol. The molecule has 0 saturated carbocycles. The van der Waals surface area contributed by atoms with Crippen LogP contribution in [0.2, 0.25) is 0 Å². The molecule has 9 aliphatic carbocycles. The summed E-state index contributed by atoms with van der Waals surface area (Å²) in [5, 5.41) is 0. The fraction of sp³-hybridized carbons (Fsp3) is 0.188. The van der Waals surface area contributed by atoms with Gasteiger partial charge in [0, 0.05) is 11.3 Å². The number of allylic oxidation sites excluding steroid dienone is 1. The molecule has 1 unspecified atom stereocenters. The summed E-state index contributed by atoms with van der Waals surface area (Å²) in [6, 6.07) is 123. The first-order valence-electron chi connectivity index (χ1n) is 46.3. The second-order valence-electron chi connectivity index (χ2n) is 38.1. The molecule has 628 valence electrons. The Hall–Kier alpha value is -13.5. The minimum Gasteiger partial charge on any atom is -0.0795 e. The largest absolute Gasteiger partial charge is 0.0795 e. The standard InChI is InChI=1S/C27H20.6C15H14.C11H12/c1-17-11-13-21-22-14-12-18(2)16-26(22)27(25(21)15-17)23-9-5-3-7-19(23)20-8-4-6-10-24(20)27;2*1-10-4-6-14-13(7-10)9-12-5-3-11(2)8-15(12)14;1-10-3-5-12-9-13-6-4-11(2)8-15(13)14(12)7-10;1-10-5-3-7-12-9-13-8-4-6-11(2)15(13)14(10)12;1-15(2)13-9-5-3-7-11(13)12-8-4-6-10-14(12)15;1-10-7-8-14-13-6-4-3-5-12(13)11(2)15(14)9-10;1-8-6-7-9(2)11-5-3-4-10(8)11/h3-16H,1-2H3;4*3-8H,9H2,1-2H3;3-10H,1-2H3;3-9,11H,1-2H3;3-4,6-7H,5H2,1-2H3. The zero-order valence-corrected chi connectivity index (χ0v) is 77.5. The van der Waals surface area contributed by atoms with E-state index in [1.807, 2.05) is 0 Å². The first-order valence-corrected chi connectivity index (χ1v) is 46.3. The van der Waals surface area contributed by atoms with Crippen LogP contribution >= 0.6 is 0 Å². The Balaban J connectivity index is 0.0000000965. The van der Waals surface area contributed by atoms with Crippen LogP contribution in [0.1, 0.15) is 199 Å². The van der Waals surface area contributed by atoms with E-state index in [-0.39, 0.29) is 10.8 Å². The normalized spacial score (nSPS) is 14.0. The molecule has 0 aromatic heterocycles. The molecule has 0 amide bonds. The Morgan fingerprint density at radius 1 is 0.219 bits per heavy atom. The SMILES string of the molecule is CC1(C)c2ccccc2-c2ccccc21.Cc1ccc(C)c2c1C=CC2.Cc1ccc2c(c1)-c1cc(C)ccc1C2.Cc1ccc2c(c1)C(C)c1ccccc1-2.Cc1ccc2c(c1)C1(c3ccccc3-c3ccccc31)c1cc(C)ccc1-2.Cc1ccc2c(c1)Cc1ccc(C)cc1-2.Cc1ccc2c(c1)Cc1ccc(C)cc1-2.Cc1cccc2c1-c1c(C)cccc1C2. The smallest absolute Gasteiger partial charge is 0.0725 e. The predicted molar refractivity (Wildman–Crippen MR) is 546 cm³/mol. The number of rotatable bonds is 0. The van der Waals surface area contributed by atoms with E-state index >= 15 is 0 Å². The van der Waals surface area contributed by atoms with Crippen LogP contribution < -0.4 is 0 Å². The van der Waals surface area contributed by atoms with Gasteiger partial charge in [0.25, 0.3) is 0 Å². The van der Waals surface area contributed by atoms with E-state index in [0.29, 0.717) is 5.92 Å². The Bertz CT molecular complexity index is 6950. The van der Waals surface area contributed by atoms with E-state index in [2.05, 4.69) is 457 Å². The molecule has 0 aliphatic heterocycles. The first-order chi connectivity index (χ1) is 62.0. The maximum Gasteiger partial charge on any atom is 0.0725 e. The lowest BCUT2D eigenvalue weighted by molar-refractivity contribution is 0.660. The maximum absolute atomic E-state index is 2.41. The lowest BCUT2D eigenvalue weighted by Gasteiger charge is -2.30. The molecular formula is C128H116. The third-order valence-corrected chi connectivity index (χ3v) is 28.6. The molecule has 0 heterocycles. The van der Waals surface area contributed by atoms with Crippen molar-refractivity contribution in [2.45, 2.75) is 160 Å². The predicted octanol–water partition coefficient (Wildman–Crippen LogP) is 33.1. The number of fused-ring (bicyclic) bond motifs is 29. The van der Waals surface area contributed by atoms with Gasteiger partial charge in [0.05, 0.1) is 5.41 Å². The van der Waals surface area contributed by atoms with Gasteiger partial charge in [0.15, 0.2) is 0 Å². The zero-order chi connectivity index (χ0) is 88.6. The van der Waals surface area contributed by atoms with E-state index in [4.69, 9.17) is 0 Å². The molecule has 0 N–H and O–H groups in total. The minimum absolute atomic E-state index is 0.160. The molecule has 0 nitrogen and oxygen atoms in total. The fourth-order valence-electron chi connectivity index (χ4n) is 22.2. The third-order valence-electron chi connectivity index (χ3n) is 28.6. The number of aryl methyl sites for hydroxylation is 13. The molecule has 26 rings (SSSR count). The van der Waals surface area contributed by atoms with Crippen LogP contribution in [0.3, 0.4) is 0 Å². The summed E-state index contributed by atoms with van der Waals surface area (Å²) >= 11 is 0. The Morgan fingerprint density at radius 2 is 0.539 bits per heavy atom. The van der Waals surface area contributed by atoms with Gasteiger partial charge in [-0.3, -0.25) is 0 Å². The molecule has 9 aliphatic rings. The van der Waals surface area contributed by atoms with E-state index in [0.717, 1.165) is 32.1 Å². The van der Waals surface area contributed by atoms with Crippen LogP contribution in [0.5, 0.6) is 0 Å². The highest BCUT2D eigenvalue weighted by Crippen LogP contribution is 2.63. The summed E-state index contributed by atoms with van der Waals surface area (Å²) in [6.45, 7) is 35.2. The van der Waals surface area contributed by atoms with Gasteiger partial charge in [-0.2, -0.15) is 0 Å². The molecule has 0 bridgehead atoms. The van der Waals surface area contributed by atoms with Crippen LogP contribution in [-0.4, -0.2) is 0 Å². The molecule has 128 heavy (non-hydrogen) atoms. The van der Waals surface area contributed by atoms with Crippen molar-refractivity contribution in [2.75, 3.05) is 0 Å². The average Bonchev–Trinajstić information content (AvgIpc) is 1.51. The van der Waals surface area contributed by atoms with Crippen LogP contribution in [0.4, 0.5) is 0 Å². The number of benzene rings is 17. The summed E-state index contributed by atoms with van der Waals surface area (Å²) in [5.74, 6) is 0.552. The van der Waals surface area contributed by atoms with Gasteiger partial charge in [0.1, 0.15) is 0 Å². The summed E-state index contributed by atoms with van der Waals surface area (Å²) in [6.07, 6.45) is 10.0. The maximum atomic E-state index is 2.41. The van der Waals surface area contributed by atoms with Gasteiger partial charge in [0.2, 0.25) is 0 Å². The minimum atomic E-state index is -0.199. The first kappa shape index (κ1) is 84.0. The third kappa shape index (κ3) is 15.4. The van der Waals surface area contributed by atoms with Crippen molar-refractivity contribution in [3.63, 3.8) is 0 Å². The van der Waals surface area contributed by atoms with E-state index < -0.39 is 0 Å². The molecule has 1 atom stereocenters. The Kier molecular flexibility index (Phi) is 22.5. The molecule has 1 spiro atoms. The van der Waals surface area contributed by atoms with Crippen molar-refractivity contribution in [1.82, 2.24) is 0 Å². The van der Waals surface area contributed by atoms with E-state index in [1.165, 1.54) is 261 Å². The highest BCUT2D eigenvalue weighted by atomic mass is 14.5. The highest BCUT2D eigenvalue weighted by molar-refractivity contribution is 5.96. The second kappa shape index (κ2) is 34.3. The van der Waals surface area contributed by atoms with Crippen molar-refractivity contribution >= 4 is 6.08 Å². The molecule has 0 saturated heterocycles. The fourth-order valence-corrected chi connectivity index (χ4v) is 22.2. The second-order valence-corrected chi connectivity index (χ2v) is 38.1. The molecule has 0 radical (unpaired) electrons.